The van der Waals surface area contributed by atoms with Crippen LogP contribution in [0.2, 0.25) is 0 Å². The first kappa shape index (κ1) is 17.7. The molecule has 2 atom stereocenters. The third-order valence-corrected chi connectivity index (χ3v) is 5.96. The van der Waals surface area contributed by atoms with Gasteiger partial charge in [-0.15, -0.1) is 0 Å². The molecule has 0 bridgehead atoms. The Hall–Kier alpha value is -1.10. The molecule has 1 N–H and O–H groups in total. The fourth-order valence-corrected chi connectivity index (χ4v) is 4.66. The summed E-state index contributed by atoms with van der Waals surface area (Å²) in [5.41, 5.74) is 0. The van der Waals surface area contributed by atoms with Crippen molar-refractivity contribution < 1.29 is 14.3 Å². The van der Waals surface area contributed by atoms with E-state index in [0.29, 0.717) is 32.1 Å². The van der Waals surface area contributed by atoms with E-state index in [9.17, 15) is 9.59 Å². The second-order valence-electron chi connectivity index (χ2n) is 7.66. The van der Waals surface area contributed by atoms with Gasteiger partial charge in [-0.1, -0.05) is 25.7 Å². The number of rotatable bonds is 2. The van der Waals surface area contributed by atoms with Gasteiger partial charge < -0.3 is 15.0 Å². The molecular weight excluding hydrogens is 304 g/mol. The molecule has 1 heterocycles. The molecule has 3 rings (SSSR count). The molecule has 3 aliphatic rings. The van der Waals surface area contributed by atoms with E-state index in [0.717, 1.165) is 38.6 Å². The van der Waals surface area contributed by atoms with Gasteiger partial charge in [0.2, 0.25) is 11.8 Å². The summed E-state index contributed by atoms with van der Waals surface area (Å²) in [5, 5.41) is 3.01. The zero-order valence-corrected chi connectivity index (χ0v) is 14.8. The number of hydrogen-bond donors (Lipinski definition) is 1. The third-order valence-electron chi connectivity index (χ3n) is 5.96. The minimum atomic E-state index is -0.0376. The highest BCUT2D eigenvalue weighted by atomic mass is 16.5. The first-order chi connectivity index (χ1) is 11.8. The van der Waals surface area contributed by atoms with E-state index in [1.54, 1.807) is 0 Å². The van der Waals surface area contributed by atoms with Gasteiger partial charge in [-0.3, -0.25) is 9.59 Å². The van der Waals surface area contributed by atoms with Crippen LogP contribution in [-0.2, 0) is 14.3 Å². The van der Waals surface area contributed by atoms with E-state index in [1.165, 1.54) is 25.7 Å². The Morgan fingerprint density at radius 1 is 1.04 bits per heavy atom. The zero-order valence-electron chi connectivity index (χ0n) is 14.8. The van der Waals surface area contributed by atoms with Crippen molar-refractivity contribution in [3.8, 4) is 0 Å². The summed E-state index contributed by atoms with van der Waals surface area (Å²) in [5.74, 6) is 0.905. The molecule has 0 spiro atoms. The van der Waals surface area contributed by atoms with Crippen LogP contribution in [0.15, 0.2) is 0 Å². The summed E-state index contributed by atoms with van der Waals surface area (Å²) >= 11 is 0. The predicted molar refractivity (Wildman–Crippen MR) is 92.5 cm³/mol. The van der Waals surface area contributed by atoms with Crippen molar-refractivity contribution in [1.82, 2.24) is 10.2 Å². The second kappa shape index (κ2) is 8.84. The van der Waals surface area contributed by atoms with Gasteiger partial charge in [0, 0.05) is 32.2 Å². The number of hydrogen-bond acceptors (Lipinski definition) is 3. The van der Waals surface area contributed by atoms with E-state index in [1.807, 2.05) is 0 Å². The number of amides is 2. The van der Waals surface area contributed by atoms with Gasteiger partial charge in [-0.25, -0.2) is 0 Å². The normalized spacial score (nSPS) is 30.3. The molecule has 2 amide bonds. The molecule has 5 heteroatoms. The Labute approximate surface area is 145 Å². The molecular formula is C19H32N2O3. The van der Waals surface area contributed by atoms with Crippen molar-refractivity contribution in [3.05, 3.63) is 0 Å². The van der Waals surface area contributed by atoms with Crippen LogP contribution >= 0.6 is 0 Å². The Morgan fingerprint density at radius 2 is 1.79 bits per heavy atom. The second-order valence-corrected chi connectivity index (χ2v) is 7.66. The van der Waals surface area contributed by atoms with Gasteiger partial charge >= 0.3 is 0 Å². The first-order valence-electron chi connectivity index (χ1n) is 9.90. The number of fused-ring (bicyclic) bond motifs is 1. The van der Waals surface area contributed by atoms with Crippen molar-refractivity contribution in [2.45, 2.75) is 70.3 Å². The van der Waals surface area contributed by atoms with E-state index >= 15 is 0 Å². The van der Waals surface area contributed by atoms with Crippen molar-refractivity contribution in [3.63, 3.8) is 0 Å². The van der Waals surface area contributed by atoms with Crippen LogP contribution in [0.3, 0.4) is 0 Å². The topological polar surface area (TPSA) is 58.6 Å². The van der Waals surface area contributed by atoms with Crippen molar-refractivity contribution in [2.75, 3.05) is 26.3 Å². The lowest BCUT2D eigenvalue weighted by Crippen LogP contribution is -2.51. The summed E-state index contributed by atoms with van der Waals surface area (Å²) < 4.78 is 5.58. The lowest BCUT2D eigenvalue weighted by Gasteiger charge is -2.39. The highest BCUT2D eigenvalue weighted by molar-refractivity contribution is 5.82. The SMILES string of the molecule is O=C1NCCOCCCN(C(=O)CC2CCCC2)C2CCCCC12. The van der Waals surface area contributed by atoms with Gasteiger partial charge in [0.1, 0.15) is 0 Å². The largest absolute Gasteiger partial charge is 0.380 e. The highest BCUT2D eigenvalue weighted by Gasteiger charge is 2.37. The number of carbonyl (C=O) groups excluding carboxylic acids is 2. The van der Waals surface area contributed by atoms with E-state index in [4.69, 9.17) is 4.74 Å². The maximum absolute atomic E-state index is 13.0. The van der Waals surface area contributed by atoms with Gasteiger partial charge in [0.15, 0.2) is 0 Å². The van der Waals surface area contributed by atoms with Gasteiger partial charge in [0.25, 0.3) is 0 Å². The molecule has 0 aromatic carbocycles. The molecule has 1 aliphatic heterocycles. The van der Waals surface area contributed by atoms with E-state index in [-0.39, 0.29) is 23.8 Å². The fourth-order valence-electron chi connectivity index (χ4n) is 4.66. The molecule has 0 radical (unpaired) electrons. The van der Waals surface area contributed by atoms with Crippen LogP contribution in [0, 0.1) is 11.8 Å². The smallest absolute Gasteiger partial charge is 0.225 e. The number of carbonyl (C=O) groups is 2. The Balaban J connectivity index is 1.72. The zero-order chi connectivity index (χ0) is 16.8. The predicted octanol–water partition coefficient (Wildman–Crippen LogP) is 2.49. The van der Waals surface area contributed by atoms with Crippen molar-refractivity contribution >= 4 is 11.8 Å². The summed E-state index contributed by atoms with van der Waals surface area (Å²) in [6.45, 7) is 2.55. The quantitative estimate of drug-likeness (QED) is 0.843. The molecule has 2 saturated carbocycles. The molecule has 0 aromatic heterocycles. The van der Waals surface area contributed by atoms with Crippen LogP contribution in [0.4, 0.5) is 0 Å². The summed E-state index contributed by atoms with van der Waals surface area (Å²) in [7, 11) is 0. The summed E-state index contributed by atoms with van der Waals surface area (Å²) in [6.07, 6.45) is 10.5. The van der Waals surface area contributed by atoms with Crippen molar-refractivity contribution in [2.24, 2.45) is 11.8 Å². The van der Waals surface area contributed by atoms with Crippen LogP contribution in [0.1, 0.15) is 64.2 Å². The Kier molecular flexibility index (Phi) is 6.52. The van der Waals surface area contributed by atoms with Gasteiger partial charge in [-0.2, -0.15) is 0 Å². The molecule has 136 valence electrons. The molecule has 5 nitrogen and oxygen atoms in total. The minimum Gasteiger partial charge on any atom is -0.380 e. The summed E-state index contributed by atoms with van der Waals surface area (Å²) in [6, 6.07) is 0.0887. The number of nitrogens with zero attached hydrogens (tertiary/aromatic N) is 1. The lowest BCUT2D eigenvalue weighted by atomic mass is 9.82. The van der Waals surface area contributed by atoms with Crippen LogP contribution in [0.25, 0.3) is 0 Å². The van der Waals surface area contributed by atoms with E-state index in [2.05, 4.69) is 10.2 Å². The molecule has 24 heavy (non-hydrogen) atoms. The Morgan fingerprint density at radius 3 is 2.62 bits per heavy atom. The lowest BCUT2D eigenvalue weighted by molar-refractivity contribution is -0.139. The highest BCUT2D eigenvalue weighted by Crippen LogP contribution is 2.32. The standard InChI is InChI=1S/C19H32N2O3/c22-18(14-15-6-1-2-7-15)21-11-5-12-24-13-10-20-19(23)16-8-3-4-9-17(16)21/h15-17H,1-14H2,(H,20,23). The fraction of sp³-hybridized carbons (Fsp3) is 0.895. The van der Waals surface area contributed by atoms with Crippen LogP contribution in [0.5, 0.6) is 0 Å². The summed E-state index contributed by atoms with van der Waals surface area (Å²) in [4.78, 5) is 27.7. The monoisotopic (exact) mass is 336 g/mol. The van der Waals surface area contributed by atoms with Crippen LogP contribution < -0.4 is 5.32 Å². The molecule has 1 saturated heterocycles. The maximum Gasteiger partial charge on any atom is 0.225 e. The molecule has 0 aromatic rings. The van der Waals surface area contributed by atoms with Gasteiger partial charge in [0.05, 0.1) is 12.5 Å². The first-order valence-corrected chi connectivity index (χ1v) is 9.90. The van der Waals surface area contributed by atoms with Crippen LogP contribution in [-0.4, -0.2) is 49.1 Å². The van der Waals surface area contributed by atoms with Crippen molar-refractivity contribution in [1.29, 1.82) is 0 Å². The number of nitrogens with one attached hydrogen (secondary N) is 1. The van der Waals surface area contributed by atoms with Gasteiger partial charge in [-0.05, 0) is 38.0 Å². The molecule has 3 fully saturated rings. The molecule has 2 unspecified atom stereocenters. The molecule has 2 aliphatic carbocycles. The third kappa shape index (κ3) is 4.50. The number of ether oxygens (including phenoxy) is 1. The minimum absolute atomic E-state index is 0.0376. The average Bonchev–Trinajstić information content (AvgIpc) is 3.08. The average molecular weight is 336 g/mol. The Bertz CT molecular complexity index is 434. The maximum atomic E-state index is 13.0. The van der Waals surface area contributed by atoms with E-state index < -0.39 is 0 Å².